The normalized spacial score (nSPS) is 47.1. The van der Waals surface area contributed by atoms with Gasteiger partial charge in [0.15, 0.2) is 0 Å². The molecule has 5 aliphatic rings. The lowest BCUT2D eigenvalue weighted by Gasteiger charge is -2.59. The topological polar surface area (TPSA) is 46.2 Å². The molecule has 3 atom stereocenters. The highest BCUT2D eigenvalue weighted by Crippen LogP contribution is 2.64. The Morgan fingerprint density at radius 2 is 1.91 bits per heavy atom. The van der Waals surface area contributed by atoms with E-state index in [0.717, 1.165) is 57.9 Å². The zero-order valence-corrected chi connectivity index (χ0v) is 14.0. The molecule has 0 aromatic heterocycles. The first kappa shape index (κ1) is 15.0. The van der Waals surface area contributed by atoms with E-state index < -0.39 is 0 Å². The van der Waals surface area contributed by atoms with E-state index in [0.29, 0.717) is 24.0 Å². The Kier molecular flexibility index (Phi) is 3.56. The second-order valence-electron chi connectivity index (χ2n) is 8.50. The number of alkyl halides is 1. The predicted octanol–water partition coefficient (Wildman–Crippen LogP) is 3.44. The third-order valence-corrected chi connectivity index (χ3v) is 7.10. The molecule has 0 radical (unpaired) electrons. The van der Waals surface area contributed by atoms with Crippen LogP contribution in [0.25, 0.3) is 0 Å². The van der Waals surface area contributed by atoms with Crippen LogP contribution in [-0.2, 0) is 9.59 Å². The maximum absolute atomic E-state index is 13.1. The highest BCUT2D eigenvalue weighted by atomic mass is 35.5. The van der Waals surface area contributed by atoms with E-state index in [-0.39, 0.29) is 22.1 Å². The number of rotatable bonds is 3. The van der Waals surface area contributed by atoms with Crippen LogP contribution in [-0.4, -0.2) is 23.1 Å². The molecule has 0 spiro atoms. The fraction of sp³-hybridized carbons (Fsp3) is 0.889. The van der Waals surface area contributed by atoms with Crippen LogP contribution in [0.2, 0.25) is 0 Å². The third-order valence-electron chi connectivity index (χ3n) is 6.66. The highest BCUT2D eigenvalue weighted by Gasteiger charge is 2.59. The van der Waals surface area contributed by atoms with Crippen LogP contribution >= 0.6 is 11.6 Å². The molecule has 2 unspecified atom stereocenters. The molecule has 1 saturated heterocycles. The van der Waals surface area contributed by atoms with Gasteiger partial charge in [0, 0.05) is 29.2 Å². The van der Waals surface area contributed by atoms with Crippen molar-refractivity contribution >= 4 is 23.3 Å². The smallest absolute Gasteiger partial charge is 0.223 e. The third kappa shape index (κ3) is 2.50. The Labute approximate surface area is 137 Å². The fourth-order valence-corrected chi connectivity index (χ4v) is 6.81. The lowest BCUT2D eigenvalue weighted by atomic mass is 9.47. The molecule has 4 bridgehead atoms. The van der Waals surface area contributed by atoms with Gasteiger partial charge in [0.05, 0.1) is 0 Å². The quantitative estimate of drug-likeness (QED) is 0.809. The summed E-state index contributed by atoms with van der Waals surface area (Å²) in [4.78, 5) is 25.2. The summed E-state index contributed by atoms with van der Waals surface area (Å²) < 4.78 is 0. The lowest BCUT2D eigenvalue weighted by Crippen LogP contribution is -2.56. The van der Waals surface area contributed by atoms with Crippen molar-refractivity contribution in [3.05, 3.63) is 0 Å². The lowest BCUT2D eigenvalue weighted by molar-refractivity contribution is -0.145. The number of Topliss-reactive ketones (excluding diaryl/α,β-unsaturated/α-hetero) is 1. The first-order chi connectivity index (χ1) is 10.5. The molecule has 1 N–H and O–H groups in total. The second-order valence-corrected chi connectivity index (χ2v) is 9.31. The van der Waals surface area contributed by atoms with Crippen molar-refractivity contribution < 1.29 is 9.59 Å². The Morgan fingerprint density at radius 3 is 2.59 bits per heavy atom. The van der Waals surface area contributed by atoms with Crippen molar-refractivity contribution in [3.8, 4) is 0 Å². The van der Waals surface area contributed by atoms with Crippen LogP contribution < -0.4 is 5.32 Å². The average molecular weight is 324 g/mol. The van der Waals surface area contributed by atoms with Crippen LogP contribution in [0.5, 0.6) is 0 Å². The SMILES string of the molecule is O=C1NCCCC[C@@H]1CC(=O)C12CC3CC(CC(Cl)(C3)C1)C2. The largest absolute Gasteiger partial charge is 0.356 e. The van der Waals surface area contributed by atoms with E-state index >= 15 is 0 Å². The van der Waals surface area contributed by atoms with Gasteiger partial charge in [-0.1, -0.05) is 6.42 Å². The molecule has 122 valence electrons. The van der Waals surface area contributed by atoms with Gasteiger partial charge in [0.1, 0.15) is 5.78 Å². The van der Waals surface area contributed by atoms with Crippen LogP contribution in [0.15, 0.2) is 0 Å². The number of carbonyl (C=O) groups is 2. The molecular weight excluding hydrogens is 298 g/mol. The molecule has 1 amide bonds. The van der Waals surface area contributed by atoms with Crippen molar-refractivity contribution in [2.45, 2.75) is 69.1 Å². The molecule has 1 heterocycles. The molecule has 1 aliphatic heterocycles. The van der Waals surface area contributed by atoms with Crippen molar-refractivity contribution in [2.24, 2.45) is 23.2 Å². The number of hydrogen-bond acceptors (Lipinski definition) is 2. The molecule has 0 aromatic rings. The molecule has 4 heteroatoms. The van der Waals surface area contributed by atoms with Crippen LogP contribution in [0.1, 0.15) is 64.2 Å². The molecule has 5 rings (SSSR count). The number of hydrogen-bond donors (Lipinski definition) is 1. The van der Waals surface area contributed by atoms with Gasteiger partial charge in [-0.05, 0) is 63.2 Å². The molecule has 3 nitrogen and oxygen atoms in total. The Morgan fingerprint density at radius 1 is 1.18 bits per heavy atom. The molecule has 5 fully saturated rings. The Balaban J connectivity index is 1.51. The monoisotopic (exact) mass is 323 g/mol. The first-order valence-electron chi connectivity index (χ1n) is 8.98. The summed E-state index contributed by atoms with van der Waals surface area (Å²) in [6.07, 6.45) is 9.80. The summed E-state index contributed by atoms with van der Waals surface area (Å²) in [6, 6.07) is 0. The van der Waals surface area contributed by atoms with Gasteiger partial charge in [-0.15, -0.1) is 11.6 Å². The van der Waals surface area contributed by atoms with Crippen molar-refractivity contribution in [1.29, 1.82) is 0 Å². The van der Waals surface area contributed by atoms with E-state index in [2.05, 4.69) is 5.32 Å². The maximum atomic E-state index is 13.1. The minimum atomic E-state index is -0.196. The molecule has 22 heavy (non-hydrogen) atoms. The van der Waals surface area contributed by atoms with Crippen LogP contribution in [0.3, 0.4) is 0 Å². The van der Waals surface area contributed by atoms with Gasteiger partial charge < -0.3 is 5.32 Å². The zero-order valence-electron chi connectivity index (χ0n) is 13.2. The van der Waals surface area contributed by atoms with Gasteiger partial charge in [-0.3, -0.25) is 9.59 Å². The number of carbonyl (C=O) groups excluding carboxylic acids is 2. The predicted molar refractivity (Wildman–Crippen MR) is 85.7 cm³/mol. The first-order valence-corrected chi connectivity index (χ1v) is 9.36. The standard InChI is InChI=1S/C18H26ClNO2/c19-18-9-12-5-13(10-18)8-17(7-12,11-18)15(21)6-14-3-1-2-4-20-16(14)22/h12-14H,1-11H2,(H,20,22)/t12?,13?,14-,17?,18?/m1/s1. The second kappa shape index (κ2) is 5.22. The number of halogens is 1. The van der Waals surface area contributed by atoms with Crippen LogP contribution in [0, 0.1) is 23.2 Å². The number of nitrogens with one attached hydrogen (secondary N) is 1. The van der Waals surface area contributed by atoms with E-state index in [4.69, 9.17) is 11.6 Å². The zero-order chi connectivity index (χ0) is 15.4. The maximum Gasteiger partial charge on any atom is 0.223 e. The summed E-state index contributed by atoms with van der Waals surface area (Å²) in [5.74, 6) is 1.62. The van der Waals surface area contributed by atoms with Gasteiger partial charge in [-0.25, -0.2) is 0 Å². The number of ketones is 1. The van der Waals surface area contributed by atoms with E-state index in [1.807, 2.05) is 0 Å². The van der Waals surface area contributed by atoms with Crippen molar-refractivity contribution in [1.82, 2.24) is 5.32 Å². The van der Waals surface area contributed by atoms with Crippen LogP contribution in [0.4, 0.5) is 0 Å². The summed E-state index contributed by atoms with van der Waals surface area (Å²) in [7, 11) is 0. The van der Waals surface area contributed by atoms with E-state index in [1.54, 1.807) is 0 Å². The summed E-state index contributed by atoms with van der Waals surface area (Å²) in [6.45, 7) is 0.767. The van der Waals surface area contributed by atoms with Crippen molar-refractivity contribution in [2.75, 3.05) is 6.54 Å². The van der Waals surface area contributed by atoms with E-state index in [9.17, 15) is 9.59 Å². The summed E-state index contributed by atoms with van der Waals surface area (Å²) in [5, 5.41) is 2.96. The van der Waals surface area contributed by atoms with Gasteiger partial charge in [0.2, 0.25) is 5.91 Å². The minimum Gasteiger partial charge on any atom is -0.356 e. The summed E-state index contributed by atoms with van der Waals surface area (Å²) in [5.41, 5.74) is -0.196. The average Bonchev–Trinajstić information content (AvgIpc) is 2.61. The molecule has 4 aliphatic carbocycles. The molecule has 4 saturated carbocycles. The minimum absolute atomic E-state index is 0.0937. The van der Waals surface area contributed by atoms with Crippen molar-refractivity contribution in [3.63, 3.8) is 0 Å². The Bertz CT molecular complexity index is 489. The number of amides is 1. The molecule has 0 aromatic carbocycles. The molecular formula is C18H26ClNO2. The Hall–Kier alpha value is -0.570. The summed E-state index contributed by atoms with van der Waals surface area (Å²) >= 11 is 6.83. The van der Waals surface area contributed by atoms with Gasteiger partial charge in [-0.2, -0.15) is 0 Å². The fourth-order valence-electron chi connectivity index (χ4n) is 6.11. The highest BCUT2D eigenvalue weighted by molar-refractivity contribution is 6.24. The van der Waals surface area contributed by atoms with E-state index in [1.165, 1.54) is 6.42 Å². The van der Waals surface area contributed by atoms with Gasteiger partial charge in [0.25, 0.3) is 0 Å². The van der Waals surface area contributed by atoms with Gasteiger partial charge >= 0.3 is 0 Å².